The van der Waals surface area contributed by atoms with Crippen molar-refractivity contribution in [2.75, 3.05) is 24.5 Å². The van der Waals surface area contributed by atoms with Crippen LogP contribution in [0.15, 0.2) is 47.4 Å². The first-order valence-electron chi connectivity index (χ1n) is 10.0. The quantitative estimate of drug-likeness (QED) is 0.688. The number of sulfonamides is 1. The Bertz CT molecular complexity index is 970. The van der Waals surface area contributed by atoms with Gasteiger partial charge in [-0.15, -0.1) is 0 Å². The summed E-state index contributed by atoms with van der Waals surface area (Å²) in [5, 5.41) is 0. The van der Waals surface area contributed by atoms with E-state index in [1.165, 1.54) is 16.4 Å². The Morgan fingerprint density at radius 3 is 2.45 bits per heavy atom. The number of anilines is 1. The van der Waals surface area contributed by atoms with E-state index in [1.54, 1.807) is 35.2 Å². The lowest BCUT2D eigenvalue weighted by Gasteiger charge is -2.29. The third kappa shape index (κ3) is 4.67. The van der Waals surface area contributed by atoms with Gasteiger partial charge in [-0.1, -0.05) is 26.0 Å². The van der Waals surface area contributed by atoms with Gasteiger partial charge in [-0.25, -0.2) is 12.8 Å². The first-order chi connectivity index (χ1) is 13.9. The fourth-order valence-corrected chi connectivity index (χ4v) is 5.21. The summed E-state index contributed by atoms with van der Waals surface area (Å²) in [5.41, 5.74) is 2.58. The molecule has 156 valence electrons. The molecule has 0 saturated carbocycles. The third-order valence-electron chi connectivity index (χ3n) is 5.36. The van der Waals surface area contributed by atoms with Crippen LogP contribution in [0.2, 0.25) is 0 Å². The molecule has 0 fully saturated rings. The molecule has 0 N–H and O–H groups in total. The fourth-order valence-electron chi connectivity index (χ4n) is 3.75. The minimum Gasteiger partial charge on any atom is -0.312 e. The van der Waals surface area contributed by atoms with Crippen LogP contribution in [0.5, 0.6) is 0 Å². The molecule has 1 aliphatic heterocycles. The van der Waals surface area contributed by atoms with E-state index in [4.69, 9.17) is 0 Å². The molecule has 0 aliphatic carbocycles. The number of amides is 1. The van der Waals surface area contributed by atoms with Gasteiger partial charge >= 0.3 is 0 Å². The number of hydrogen-bond donors (Lipinski definition) is 0. The van der Waals surface area contributed by atoms with Crippen LogP contribution < -0.4 is 4.90 Å². The van der Waals surface area contributed by atoms with E-state index in [9.17, 15) is 17.6 Å². The zero-order chi connectivity index (χ0) is 21.0. The normalized spacial score (nSPS) is 14.1. The molecule has 0 atom stereocenters. The molecule has 2 aromatic carbocycles. The van der Waals surface area contributed by atoms with Crippen molar-refractivity contribution in [3.8, 4) is 0 Å². The van der Waals surface area contributed by atoms with Crippen molar-refractivity contribution < 1.29 is 17.6 Å². The van der Waals surface area contributed by atoms with Gasteiger partial charge in [0.2, 0.25) is 15.9 Å². The zero-order valence-corrected chi connectivity index (χ0v) is 17.7. The fraction of sp³-hybridized carbons (Fsp3) is 0.409. The summed E-state index contributed by atoms with van der Waals surface area (Å²) in [6.45, 7) is 5.12. The summed E-state index contributed by atoms with van der Waals surface area (Å²) < 4.78 is 40.0. The first-order valence-corrected chi connectivity index (χ1v) is 11.5. The van der Waals surface area contributed by atoms with Gasteiger partial charge in [0, 0.05) is 31.7 Å². The molecule has 3 rings (SSSR count). The molecule has 0 bridgehead atoms. The molecule has 2 aromatic rings. The summed E-state index contributed by atoms with van der Waals surface area (Å²) in [6, 6.07) is 11.3. The predicted octanol–water partition coefficient (Wildman–Crippen LogP) is 3.77. The van der Waals surface area contributed by atoms with Crippen LogP contribution in [0.25, 0.3) is 0 Å². The van der Waals surface area contributed by atoms with E-state index in [0.717, 1.165) is 29.7 Å². The van der Waals surface area contributed by atoms with Crippen LogP contribution in [-0.4, -0.2) is 38.3 Å². The van der Waals surface area contributed by atoms with Crippen molar-refractivity contribution in [1.29, 1.82) is 0 Å². The number of carbonyl (C=O) groups excluding carboxylic acids is 1. The minimum atomic E-state index is -3.48. The van der Waals surface area contributed by atoms with Crippen molar-refractivity contribution in [2.45, 2.75) is 44.4 Å². The molecule has 29 heavy (non-hydrogen) atoms. The lowest BCUT2D eigenvalue weighted by molar-refractivity contribution is -0.118. The average molecular weight is 419 g/mol. The predicted molar refractivity (Wildman–Crippen MR) is 112 cm³/mol. The molecule has 0 spiro atoms. The molecule has 0 unspecified atom stereocenters. The van der Waals surface area contributed by atoms with Gasteiger partial charge in [-0.05, 0) is 60.7 Å². The summed E-state index contributed by atoms with van der Waals surface area (Å²) in [5.74, 6) is -0.282. The molecular formula is C22H27FN2O3S. The van der Waals surface area contributed by atoms with Crippen LogP contribution in [0.4, 0.5) is 10.1 Å². The van der Waals surface area contributed by atoms with Crippen LogP contribution in [0.1, 0.15) is 37.8 Å². The van der Waals surface area contributed by atoms with Crippen LogP contribution in [0.3, 0.4) is 0 Å². The maximum atomic E-state index is 13.5. The minimum absolute atomic E-state index is 0.00241. The summed E-state index contributed by atoms with van der Waals surface area (Å²) in [6.07, 6.45) is 2.44. The van der Waals surface area contributed by atoms with Gasteiger partial charge in [-0.2, -0.15) is 4.31 Å². The number of nitrogens with zero attached hydrogens (tertiary/aromatic N) is 2. The molecule has 1 aliphatic rings. The Labute approximate surface area is 172 Å². The summed E-state index contributed by atoms with van der Waals surface area (Å²) in [7, 11) is -3.48. The zero-order valence-electron chi connectivity index (χ0n) is 16.9. The Hall–Kier alpha value is -2.25. The largest absolute Gasteiger partial charge is 0.312 e. The maximum Gasteiger partial charge on any atom is 0.243 e. The van der Waals surface area contributed by atoms with E-state index in [1.807, 2.05) is 13.8 Å². The second-order valence-corrected chi connectivity index (χ2v) is 9.09. The highest BCUT2D eigenvalue weighted by Crippen LogP contribution is 2.28. The SMILES string of the molecule is CCN(CC)S(=O)(=O)c1ccc(CCC(=O)N2CCCc3cc(F)ccc32)cc1. The van der Waals surface area contributed by atoms with Crippen LogP contribution in [-0.2, 0) is 27.7 Å². The Morgan fingerprint density at radius 1 is 1.10 bits per heavy atom. The third-order valence-corrected chi connectivity index (χ3v) is 7.42. The number of hydrogen-bond acceptors (Lipinski definition) is 3. The monoisotopic (exact) mass is 418 g/mol. The second-order valence-electron chi connectivity index (χ2n) is 7.16. The molecule has 7 heteroatoms. The van der Waals surface area contributed by atoms with Crippen LogP contribution >= 0.6 is 0 Å². The highest BCUT2D eigenvalue weighted by atomic mass is 32.2. The standard InChI is InChI=1S/C22H27FN2O3S/c1-3-24(4-2)29(27,28)20-11-7-17(8-12-20)9-14-22(26)25-15-5-6-18-16-19(23)10-13-21(18)25/h7-8,10-13,16H,3-6,9,14-15H2,1-2H3. The Kier molecular flexibility index (Phi) is 6.70. The number of benzene rings is 2. The van der Waals surface area contributed by atoms with Crippen molar-refractivity contribution in [3.05, 3.63) is 59.4 Å². The van der Waals surface area contributed by atoms with E-state index in [-0.39, 0.29) is 16.6 Å². The van der Waals surface area contributed by atoms with Crippen molar-refractivity contribution in [1.82, 2.24) is 4.31 Å². The number of fused-ring (bicyclic) bond motifs is 1. The summed E-state index contributed by atoms with van der Waals surface area (Å²) in [4.78, 5) is 14.7. The molecule has 0 radical (unpaired) electrons. The van der Waals surface area contributed by atoms with Gasteiger partial charge in [-0.3, -0.25) is 4.79 Å². The van der Waals surface area contributed by atoms with E-state index in [2.05, 4.69) is 0 Å². The van der Waals surface area contributed by atoms with E-state index in [0.29, 0.717) is 32.5 Å². The number of halogens is 1. The molecule has 5 nitrogen and oxygen atoms in total. The lowest BCUT2D eigenvalue weighted by atomic mass is 10.0. The van der Waals surface area contributed by atoms with Gasteiger partial charge < -0.3 is 4.90 Å². The van der Waals surface area contributed by atoms with Gasteiger partial charge in [0.15, 0.2) is 0 Å². The van der Waals surface area contributed by atoms with Crippen molar-refractivity contribution in [2.24, 2.45) is 0 Å². The topological polar surface area (TPSA) is 57.7 Å². The molecule has 0 aromatic heterocycles. The number of carbonyl (C=O) groups is 1. The first kappa shape index (κ1) is 21.5. The Morgan fingerprint density at radius 2 is 1.79 bits per heavy atom. The highest BCUT2D eigenvalue weighted by molar-refractivity contribution is 7.89. The van der Waals surface area contributed by atoms with Crippen molar-refractivity contribution in [3.63, 3.8) is 0 Å². The van der Waals surface area contributed by atoms with Gasteiger partial charge in [0.1, 0.15) is 5.82 Å². The molecule has 1 amide bonds. The van der Waals surface area contributed by atoms with Gasteiger partial charge in [0.05, 0.1) is 4.90 Å². The van der Waals surface area contributed by atoms with Gasteiger partial charge in [0.25, 0.3) is 0 Å². The van der Waals surface area contributed by atoms with E-state index < -0.39 is 10.0 Å². The molecule has 1 heterocycles. The highest BCUT2D eigenvalue weighted by Gasteiger charge is 2.23. The number of aryl methyl sites for hydroxylation is 2. The Balaban J connectivity index is 1.66. The smallest absolute Gasteiger partial charge is 0.243 e. The average Bonchev–Trinajstić information content (AvgIpc) is 2.72. The maximum absolute atomic E-state index is 13.5. The molecule has 0 saturated heterocycles. The molecular weight excluding hydrogens is 391 g/mol. The van der Waals surface area contributed by atoms with Crippen molar-refractivity contribution >= 4 is 21.6 Å². The van der Waals surface area contributed by atoms with Crippen LogP contribution in [0, 0.1) is 5.82 Å². The summed E-state index contributed by atoms with van der Waals surface area (Å²) >= 11 is 0. The lowest BCUT2D eigenvalue weighted by Crippen LogP contribution is -2.35. The van der Waals surface area contributed by atoms with E-state index >= 15 is 0 Å². The number of rotatable bonds is 7. The second kappa shape index (κ2) is 9.05.